The summed E-state index contributed by atoms with van der Waals surface area (Å²) in [6.07, 6.45) is 16.8. The van der Waals surface area contributed by atoms with Crippen molar-refractivity contribution in [3.63, 3.8) is 0 Å². The van der Waals surface area contributed by atoms with Gasteiger partial charge in [0.15, 0.2) is 0 Å². The molecule has 0 unspecified atom stereocenters. The van der Waals surface area contributed by atoms with Crippen LogP contribution in [0.25, 0.3) is 0 Å². The summed E-state index contributed by atoms with van der Waals surface area (Å²) >= 11 is 0. The summed E-state index contributed by atoms with van der Waals surface area (Å²) in [6, 6.07) is 15.6. The number of aromatic nitrogens is 4. The molecule has 4 aromatic rings. The van der Waals surface area contributed by atoms with Crippen molar-refractivity contribution in [1.29, 1.82) is 0 Å². The van der Waals surface area contributed by atoms with Crippen molar-refractivity contribution in [2.45, 2.75) is 38.9 Å². The summed E-state index contributed by atoms with van der Waals surface area (Å²) < 4.78 is 28.7. The number of nitrogens with two attached hydrogens (primary N) is 2. The summed E-state index contributed by atoms with van der Waals surface area (Å²) in [4.78, 5) is 7.54. The van der Waals surface area contributed by atoms with E-state index in [4.69, 9.17) is 30.4 Å². The third-order valence-corrected chi connectivity index (χ3v) is 7.73. The van der Waals surface area contributed by atoms with E-state index >= 15 is 0 Å². The minimum atomic E-state index is 0.215. The molecule has 230 valence electrons. The minimum absolute atomic E-state index is 0.215. The first kappa shape index (κ1) is 28.8. The lowest BCUT2D eigenvalue weighted by molar-refractivity contribution is -0.701. The van der Waals surface area contributed by atoms with Crippen LogP contribution in [0.5, 0.6) is 0 Å². The molecule has 0 bridgehead atoms. The molecule has 0 amide bonds. The SMILES string of the molecule is Nc1ccccc1N(CCn1cc[n+](CCCCc2[nH]cc[n+]2CCN(C2=COCO2)c2ccccc2N)c1)C1=COCO1. The lowest BCUT2D eigenvalue weighted by Crippen LogP contribution is -2.42. The number of nitrogens with zero attached hydrogens (tertiary/aromatic N) is 5. The molecule has 0 saturated carbocycles. The first-order valence-electron chi connectivity index (χ1n) is 14.9. The molecule has 0 atom stereocenters. The van der Waals surface area contributed by atoms with E-state index in [1.54, 1.807) is 12.5 Å². The van der Waals surface area contributed by atoms with Gasteiger partial charge in [-0.3, -0.25) is 0 Å². The van der Waals surface area contributed by atoms with Gasteiger partial charge in [-0.2, -0.15) is 0 Å². The number of H-pyrrole nitrogens is 1. The van der Waals surface area contributed by atoms with E-state index in [1.807, 2.05) is 54.7 Å². The van der Waals surface area contributed by atoms with E-state index in [0.29, 0.717) is 36.2 Å². The molecule has 0 aliphatic carbocycles. The summed E-state index contributed by atoms with van der Waals surface area (Å²) in [5.41, 5.74) is 15.7. The Morgan fingerprint density at radius 3 is 2.09 bits per heavy atom. The molecule has 12 heteroatoms. The van der Waals surface area contributed by atoms with Gasteiger partial charge < -0.3 is 40.2 Å². The molecule has 5 N–H and O–H groups in total. The fraction of sp³-hybridized carbons (Fsp3) is 0.312. The van der Waals surface area contributed by atoms with E-state index in [1.165, 1.54) is 5.82 Å². The highest BCUT2D eigenvalue weighted by Crippen LogP contribution is 2.29. The van der Waals surface area contributed by atoms with E-state index in [2.05, 4.69) is 53.4 Å². The van der Waals surface area contributed by atoms with Crippen LogP contribution in [0.2, 0.25) is 0 Å². The van der Waals surface area contributed by atoms with Crippen molar-refractivity contribution < 1.29 is 28.1 Å². The van der Waals surface area contributed by atoms with E-state index < -0.39 is 0 Å². The topological polar surface area (TPSA) is 124 Å². The van der Waals surface area contributed by atoms with Gasteiger partial charge in [0.1, 0.15) is 50.4 Å². The Morgan fingerprint density at radius 2 is 1.45 bits per heavy atom. The Balaban J connectivity index is 0.988. The maximum absolute atomic E-state index is 6.28. The molecule has 12 nitrogen and oxygen atoms in total. The first-order chi connectivity index (χ1) is 21.7. The molecule has 0 saturated heterocycles. The number of aryl methyl sites for hydroxylation is 2. The van der Waals surface area contributed by atoms with Gasteiger partial charge in [0.05, 0.1) is 42.4 Å². The smallest absolute Gasteiger partial charge is 0.254 e. The third-order valence-electron chi connectivity index (χ3n) is 7.73. The number of anilines is 4. The number of unbranched alkanes of at least 4 members (excludes halogenated alkanes) is 1. The summed E-state index contributed by atoms with van der Waals surface area (Å²) in [5, 5.41) is 0. The molecule has 2 aliphatic rings. The Bertz CT molecular complexity index is 1600. The van der Waals surface area contributed by atoms with Gasteiger partial charge in [-0.25, -0.2) is 18.7 Å². The molecule has 2 aliphatic heterocycles. The molecule has 0 spiro atoms. The van der Waals surface area contributed by atoms with Gasteiger partial charge in [-0.05, 0) is 37.1 Å². The van der Waals surface area contributed by atoms with Crippen molar-refractivity contribution in [2.75, 3.05) is 47.9 Å². The van der Waals surface area contributed by atoms with Gasteiger partial charge in [0, 0.05) is 6.42 Å². The van der Waals surface area contributed by atoms with Crippen LogP contribution < -0.4 is 30.4 Å². The van der Waals surface area contributed by atoms with Crippen LogP contribution in [0.3, 0.4) is 0 Å². The highest BCUT2D eigenvalue weighted by atomic mass is 16.7. The average Bonchev–Trinajstić information content (AvgIpc) is 3.87. The Morgan fingerprint density at radius 1 is 0.795 bits per heavy atom. The van der Waals surface area contributed by atoms with Gasteiger partial charge in [0.2, 0.25) is 31.7 Å². The van der Waals surface area contributed by atoms with Crippen molar-refractivity contribution in [3.8, 4) is 0 Å². The second-order valence-electron chi connectivity index (χ2n) is 10.6. The van der Waals surface area contributed by atoms with E-state index in [-0.39, 0.29) is 13.6 Å². The monoisotopic (exact) mass is 600 g/mol. The molecular weight excluding hydrogens is 560 g/mol. The average molecular weight is 601 g/mol. The molecule has 0 radical (unpaired) electrons. The Kier molecular flexibility index (Phi) is 9.05. The van der Waals surface area contributed by atoms with Crippen molar-refractivity contribution >= 4 is 22.7 Å². The molecule has 44 heavy (non-hydrogen) atoms. The molecule has 2 aromatic carbocycles. The van der Waals surface area contributed by atoms with Gasteiger partial charge in [-0.15, -0.1) is 0 Å². The quantitative estimate of drug-likeness (QED) is 0.108. The van der Waals surface area contributed by atoms with Gasteiger partial charge >= 0.3 is 0 Å². The number of nitrogen functional groups attached to an aromatic ring is 2. The standard InChI is InChI=1S/C32H39N8O4/c33-26-7-1-3-9-28(26)39(31-21-41-24-43-31)19-17-37-16-15-36(23-37)13-6-5-11-30-35-12-14-38(30)18-20-40(32-22-42-25-44-32)29-10-4-2-8-27(29)34/h1-4,7-10,12,14-16,21-23H,5-6,11,13,17-20,24-25,33-34H2/q+1/p+1. The normalized spacial score (nSPS) is 13.8. The lowest BCUT2D eigenvalue weighted by Gasteiger charge is -2.24. The molecule has 6 rings (SSSR count). The van der Waals surface area contributed by atoms with Crippen LogP contribution >= 0.6 is 0 Å². The van der Waals surface area contributed by atoms with E-state index in [0.717, 1.165) is 50.3 Å². The number of rotatable bonds is 15. The zero-order valence-corrected chi connectivity index (χ0v) is 24.8. The van der Waals surface area contributed by atoms with Crippen molar-refractivity contribution in [3.05, 3.63) is 110 Å². The summed E-state index contributed by atoms with van der Waals surface area (Å²) in [6.45, 7) is 4.29. The summed E-state index contributed by atoms with van der Waals surface area (Å²) in [7, 11) is 0. The van der Waals surface area contributed by atoms with Crippen LogP contribution in [0.15, 0.2) is 104 Å². The highest BCUT2D eigenvalue weighted by molar-refractivity contribution is 5.70. The third kappa shape index (κ3) is 6.86. The predicted octanol–water partition coefficient (Wildman–Crippen LogP) is 3.20. The van der Waals surface area contributed by atoms with Crippen LogP contribution in [0.4, 0.5) is 22.7 Å². The number of hydrogen-bond acceptors (Lipinski definition) is 8. The van der Waals surface area contributed by atoms with Gasteiger partial charge in [0.25, 0.3) is 5.82 Å². The van der Waals surface area contributed by atoms with E-state index in [9.17, 15) is 0 Å². The molecular formula is C32H40N8O4+2. The number of hydrogen-bond donors (Lipinski definition) is 3. The second-order valence-corrected chi connectivity index (χ2v) is 10.6. The van der Waals surface area contributed by atoms with Crippen LogP contribution in [-0.2, 0) is 45.0 Å². The van der Waals surface area contributed by atoms with Crippen LogP contribution in [0, 0.1) is 0 Å². The number of ether oxygens (including phenoxy) is 4. The minimum Gasteiger partial charge on any atom is -0.459 e. The number of imidazole rings is 2. The van der Waals surface area contributed by atoms with Crippen molar-refractivity contribution in [2.24, 2.45) is 0 Å². The number of benzene rings is 2. The van der Waals surface area contributed by atoms with Gasteiger partial charge in [-0.1, -0.05) is 24.3 Å². The Hall–Kier alpha value is -5.26. The lowest BCUT2D eigenvalue weighted by atomic mass is 10.2. The molecule has 0 fully saturated rings. The fourth-order valence-corrected chi connectivity index (χ4v) is 5.45. The largest absolute Gasteiger partial charge is 0.459 e. The second kappa shape index (κ2) is 13.8. The number of aromatic amines is 1. The zero-order valence-electron chi connectivity index (χ0n) is 24.8. The van der Waals surface area contributed by atoms with Crippen LogP contribution in [0.1, 0.15) is 18.7 Å². The van der Waals surface area contributed by atoms with Crippen LogP contribution in [-0.4, -0.2) is 36.2 Å². The van der Waals surface area contributed by atoms with Crippen molar-refractivity contribution in [1.82, 2.24) is 9.55 Å². The molecule has 2 aromatic heterocycles. The predicted molar refractivity (Wildman–Crippen MR) is 165 cm³/mol. The Labute approximate surface area is 256 Å². The number of nitrogens with one attached hydrogen (secondary N) is 1. The molecule has 4 heterocycles. The maximum atomic E-state index is 6.28. The highest BCUT2D eigenvalue weighted by Gasteiger charge is 2.22. The number of para-hydroxylation sites is 4. The zero-order chi connectivity index (χ0) is 30.1. The fourth-order valence-electron chi connectivity index (χ4n) is 5.45. The first-order valence-corrected chi connectivity index (χ1v) is 14.9. The summed E-state index contributed by atoms with van der Waals surface area (Å²) in [5.74, 6) is 2.53. The maximum Gasteiger partial charge on any atom is 0.254 e.